The predicted molar refractivity (Wildman–Crippen MR) is 206 cm³/mol. The topological polar surface area (TPSA) is 51.4 Å². The SMILES string of the molecule is O=P(c1ccccc1)(c1ccccc1)c1ccc2c(c1)c1ccccc1c1nc3c(P(=O)(c4ccccc4)c4ccccc4)cccc3n21. The molecule has 9 rings (SSSR count). The smallest absolute Gasteiger partial charge is 0.173 e. The fourth-order valence-corrected chi connectivity index (χ4v) is 12.7. The standard InChI is InChI=1S/C43H30N2O2P2/c46-48(31-16-5-1-6-17-31,32-18-7-2-8-19-32)35-28-29-39-38(30-35)36-24-13-14-25-37(36)43-44-42-40(45(39)43)26-15-27-41(42)49(47,33-20-9-3-10-21-33)34-22-11-4-12-23-34/h1-30H. The Labute approximate surface area is 284 Å². The molecule has 0 aliphatic rings. The highest BCUT2D eigenvalue weighted by Gasteiger charge is 2.34. The van der Waals surface area contributed by atoms with Crippen LogP contribution in [-0.2, 0) is 9.13 Å². The summed E-state index contributed by atoms with van der Waals surface area (Å²) in [6.07, 6.45) is 0. The molecule has 0 fully saturated rings. The van der Waals surface area contributed by atoms with Gasteiger partial charge >= 0.3 is 0 Å². The molecule has 0 amide bonds. The molecule has 0 aliphatic carbocycles. The van der Waals surface area contributed by atoms with Crippen LogP contribution in [0.1, 0.15) is 0 Å². The van der Waals surface area contributed by atoms with Crippen molar-refractivity contribution < 1.29 is 9.13 Å². The van der Waals surface area contributed by atoms with E-state index in [1.165, 1.54) is 0 Å². The molecule has 9 aromatic rings. The van der Waals surface area contributed by atoms with E-state index < -0.39 is 14.3 Å². The number of aromatic nitrogens is 2. The van der Waals surface area contributed by atoms with Gasteiger partial charge in [-0.25, -0.2) is 4.98 Å². The first-order chi connectivity index (χ1) is 24.1. The lowest BCUT2D eigenvalue weighted by Gasteiger charge is -2.21. The van der Waals surface area contributed by atoms with Crippen LogP contribution in [0.3, 0.4) is 0 Å². The zero-order valence-corrected chi connectivity index (χ0v) is 28.2. The minimum atomic E-state index is -3.31. The normalized spacial score (nSPS) is 12.2. The third-order valence-electron chi connectivity index (χ3n) is 9.53. The maximum Gasteiger partial charge on any atom is 0.173 e. The van der Waals surface area contributed by atoms with Crippen molar-refractivity contribution in [1.29, 1.82) is 0 Å². The summed E-state index contributed by atoms with van der Waals surface area (Å²) in [6.45, 7) is 0. The molecule has 0 N–H and O–H groups in total. The Balaban J connectivity index is 1.37. The number of imidazole rings is 1. The molecule has 0 bridgehead atoms. The first-order valence-electron chi connectivity index (χ1n) is 16.3. The van der Waals surface area contributed by atoms with Crippen molar-refractivity contribution in [2.24, 2.45) is 0 Å². The third-order valence-corrected chi connectivity index (χ3v) is 15.7. The second-order valence-electron chi connectivity index (χ2n) is 12.2. The van der Waals surface area contributed by atoms with Gasteiger partial charge in [0.25, 0.3) is 0 Å². The van der Waals surface area contributed by atoms with Gasteiger partial charge in [-0.05, 0) is 35.7 Å². The molecule has 0 saturated carbocycles. The van der Waals surface area contributed by atoms with E-state index in [0.29, 0.717) is 10.8 Å². The van der Waals surface area contributed by atoms with Crippen LogP contribution in [0.15, 0.2) is 182 Å². The van der Waals surface area contributed by atoms with Gasteiger partial charge in [0.2, 0.25) is 0 Å². The van der Waals surface area contributed by atoms with Crippen LogP contribution in [0.4, 0.5) is 0 Å². The van der Waals surface area contributed by atoms with Gasteiger partial charge in [-0.2, -0.15) is 0 Å². The molecule has 6 heteroatoms. The zero-order valence-electron chi connectivity index (χ0n) is 26.4. The molecule has 0 radical (unpaired) electrons. The monoisotopic (exact) mass is 668 g/mol. The average Bonchev–Trinajstić information content (AvgIpc) is 3.59. The molecular weight excluding hydrogens is 638 g/mol. The van der Waals surface area contributed by atoms with Gasteiger partial charge in [0, 0.05) is 42.6 Å². The van der Waals surface area contributed by atoms with E-state index in [-0.39, 0.29) is 0 Å². The average molecular weight is 669 g/mol. The van der Waals surface area contributed by atoms with Crippen LogP contribution in [0.2, 0.25) is 0 Å². The van der Waals surface area contributed by atoms with Crippen LogP contribution in [-0.4, -0.2) is 9.38 Å². The highest BCUT2D eigenvalue weighted by molar-refractivity contribution is 7.86. The summed E-state index contributed by atoms with van der Waals surface area (Å²) >= 11 is 0. The Bertz CT molecular complexity index is 2680. The zero-order chi connectivity index (χ0) is 33.0. The minimum Gasteiger partial charge on any atom is -0.309 e. The lowest BCUT2D eigenvalue weighted by atomic mass is 10.1. The molecule has 0 unspecified atom stereocenters. The molecule has 2 heterocycles. The van der Waals surface area contributed by atoms with E-state index in [1.54, 1.807) is 0 Å². The maximum absolute atomic E-state index is 15.6. The molecule has 0 atom stereocenters. The van der Waals surface area contributed by atoms with Crippen LogP contribution in [0.5, 0.6) is 0 Å². The third kappa shape index (κ3) is 4.49. The first kappa shape index (κ1) is 29.6. The fraction of sp³-hybridized carbons (Fsp3) is 0. The van der Waals surface area contributed by atoms with Gasteiger partial charge in [-0.1, -0.05) is 152 Å². The van der Waals surface area contributed by atoms with Crippen molar-refractivity contribution >= 4 is 84.5 Å². The number of hydrogen-bond donors (Lipinski definition) is 0. The van der Waals surface area contributed by atoms with Gasteiger partial charge in [-0.3, -0.25) is 4.40 Å². The predicted octanol–water partition coefficient (Wildman–Crippen LogP) is 8.07. The van der Waals surface area contributed by atoms with Gasteiger partial charge in [0.1, 0.15) is 11.2 Å². The Morgan fingerprint density at radius 1 is 0.388 bits per heavy atom. The summed E-state index contributed by atoms with van der Waals surface area (Å²) in [7, 11) is -6.52. The first-order valence-corrected chi connectivity index (χ1v) is 19.7. The second-order valence-corrected chi connectivity index (χ2v) is 17.7. The van der Waals surface area contributed by atoms with Crippen molar-refractivity contribution in [3.05, 3.63) is 182 Å². The quantitative estimate of drug-likeness (QED) is 0.133. The number of pyridine rings is 1. The lowest BCUT2D eigenvalue weighted by molar-refractivity contribution is 0.591. The molecule has 0 spiro atoms. The summed E-state index contributed by atoms with van der Waals surface area (Å²) in [5.74, 6) is 0. The Morgan fingerprint density at radius 2 is 0.878 bits per heavy atom. The molecule has 4 nitrogen and oxygen atoms in total. The number of para-hydroxylation sites is 1. The van der Waals surface area contributed by atoms with Crippen molar-refractivity contribution in [2.75, 3.05) is 0 Å². The van der Waals surface area contributed by atoms with Crippen molar-refractivity contribution in [2.45, 2.75) is 0 Å². The van der Waals surface area contributed by atoms with Crippen LogP contribution in [0.25, 0.3) is 38.4 Å². The number of benzene rings is 7. The summed E-state index contributed by atoms with van der Waals surface area (Å²) in [5.41, 5.74) is 3.32. The Hall–Kier alpha value is -5.53. The van der Waals surface area contributed by atoms with E-state index in [1.807, 2.05) is 152 Å². The van der Waals surface area contributed by atoms with E-state index in [9.17, 15) is 0 Å². The summed E-state index contributed by atoms with van der Waals surface area (Å²) in [6, 6.07) is 59.5. The highest BCUT2D eigenvalue weighted by atomic mass is 31.2. The number of hydrogen-bond acceptors (Lipinski definition) is 3. The van der Waals surface area contributed by atoms with Gasteiger partial charge in [0.15, 0.2) is 14.3 Å². The molecule has 7 aromatic carbocycles. The van der Waals surface area contributed by atoms with E-state index in [2.05, 4.69) is 34.7 Å². The maximum atomic E-state index is 15.6. The molecule has 0 aliphatic heterocycles. The van der Waals surface area contributed by atoms with E-state index in [4.69, 9.17) is 4.98 Å². The molecule has 49 heavy (non-hydrogen) atoms. The van der Waals surface area contributed by atoms with Gasteiger partial charge < -0.3 is 9.13 Å². The highest BCUT2D eigenvalue weighted by Crippen LogP contribution is 2.46. The molecule has 2 aromatic heterocycles. The molecular formula is C43H30N2O2P2. The van der Waals surface area contributed by atoms with Gasteiger partial charge in [0.05, 0.1) is 11.0 Å². The minimum absolute atomic E-state index is 0.706. The van der Waals surface area contributed by atoms with Crippen LogP contribution < -0.4 is 31.8 Å². The number of fused-ring (bicyclic) bond motifs is 8. The lowest BCUT2D eigenvalue weighted by Crippen LogP contribution is -2.25. The summed E-state index contributed by atoms with van der Waals surface area (Å²) in [4.78, 5) is 5.31. The van der Waals surface area contributed by atoms with Crippen molar-refractivity contribution in [3.8, 4) is 0 Å². The largest absolute Gasteiger partial charge is 0.309 e. The van der Waals surface area contributed by atoms with E-state index in [0.717, 1.165) is 59.4 Å². The Morgan fingerprint density at radius 3 is 1.43 bits per heavy atom. The summed E-state index contributed by atoms with van der Waals surface area (Å²) < 4.78 is 33.2. The molecule has 234 valence electrons. The van der Waals surface area contributed by atoms with Crippen molar-refractivity contribution in [3.63, 3.8) is 0 Å². The summed E-state index contributed by atoms with van der Waals surface area (Å²) in [5, 5.41) is 7.56. The second kappa shape index (κ2) is 11.6. The van der Waals surface area contributed by atoms with Crippen LogP contribution in [0, 0.1) is 0 Å². The Kier molecular flexibility index (Phi) is 6.99. The number of nitrogens with zero attached hydrogens (tertiary/aromatic N) is 2. The fourth-order valence-electron chi connectivity index (χ4n) is 7.23. The van der Waals surface area contributed by atoms with E-state index >= 15 is 9.13 Å². The van der Waals surface area contributed by atoms with Crippen LogP contribution >= 0.6 is 14.3 Å². The molecule has 0 saturated heterocycles. The van der Waals surface area contributed by atoms with Gasteiger partial charge in [-0.15, -0.1) is 0 Å². The number of rotatable bonds is 6. The van der Waals surface area contributed by atoms with Crippen molar-refractivity contribution in [1.82, 2.24) is 9.38 Å².